The van der Waals surface area contributed by atoms with Gasteiger partial charge in [0, 0.05) is 56.8 Å². The average Bonchev–Trinajstić information content (AvgIpc) is 3.28. The lowest BCUT2D eigenvalue weighted by molar-refractivity contribution is 0.0618. The fourth-order valence-corrected chi connectivity index (χ4v) is 4.31. The van der Waals surface area contributed by atoms with E-state index in [0.717, 1.165) is 35.9 Å². The number of ether oxygens (including phenoxy) is 1. The molecule has 4 rings (SSSR count). The fraction of sp³-hybridized carbons (Fsp3) is 0.364. The number of carbonyl (C=O) groups is 1. The van der Waals surface area contributed by atoms with Crippen LogP contribution in [0.15, 0.2) is 52.6 Å². The molecule has 162 valence electrons. The summed E-state index contributed by atoms with van der Waals surface area (Å²) in [5.41, 5.74) is 2.23. The molecule has 31 heavy (non-hydrogen) atoms. The van der Waals surface area contributed by atoms with Crippen molar-refractivity contribution in [2.75, 3.05) is 39.9 Å². The van der Waals surface area contributed by atoms with E-state index in [4.69, 9.17) is 9.72 Å². The van der Waals surface area contributed by atoms with Crippen LogP contribution in [0.3, 0.4) is 0 Å². The molecule has 0 spiro atoms. The van der Waals surface area contributed by atoms with Crippen LogP contribution in [-0.4, -0.2) is 70.4 Å². The number of thiazole rings is 1. The summed E-state index contributed by atoms with van der Waals surface area (Å²) in [4.78, 5) is 33.6. The van der Waals surface area contributed by atoms with Crippen molar-refractivity contribution in [3.05, 3.63) is 69.6 Å². The molecule has 1 saturated heterocycles. The highest BCUT2D eigenvalue weighted by Crippen LogP contribution is 2.24. The Kier molecular flexibility index (Phi) is 6.86. The highest BCUT2D eigenvalue weighted by Gasteiger charge is 2.24. The van der Waals surface area contributed by atoms with Crippen molar-refractivity contribution in [3.63, 3.8) is 0 Å². The molecular formula is C22H25N5O3S. The molecule has 0 N–H and O–H groups in total. The minimum absolute atomic E-state index is 0.147. The summed E-state index contributed by atoms with van der Waals surface area (Å²) in [7, 11) is 1.56. The number of aromatic nitrogens is 3. The molecule has 3 heterocycles. The second-order valence-corrected chi connectivity index (χ2v) is 8.21. The zero-order valence-corrected chi connectivity index (χ0v) is 18.3. The van der Waals surface area contributed by atoms with E-state index in [2.05, 4.69) is 27.5 Å². The second kappa shape index (κ2) is 9.95. The Morgan fingerprint density at radius 3 is 2.61 bits per heavy atom. The molecule has 0 atom stereocenters. The Morgan fingerprint density at radius 1 is 1.10 bits per heavy atom. The van der Waals surface area contributed by atoms with Gasteiger partial charge in [-0.15, -0.1) is 11.3 Å². The van der Waals surface area contributed by atoms with E-state index in [1.54, 1.807) is 23.3 Å². The van der Waals surface area contributed by atoms with Crippen LogP contribution < -0.4 is 5.56 Å². The summed E-state index contributed by atoms with van der Waals surface area (Å²) < 4.78 is 6.28. The number of methoxy groups -OCH3 is 1. The van der Waals surface area contributed by atoms with E-state index in [0.29, 0.717) is 26.2 Å². The minimum Gasteiger partial charge on any atom is -0.383 e. The van der Waals surface area contributed by atoms with Gasteiger partial charge in [0.2, 0.25) is 0 Å². The number of amides is 1. The number of hydrogen-bond donors (Lipinski definition) is 0. The Balaban J connectivity index is 1.33. The fourth-order valence-electron chi connectivity index (χ4n) is 3.49. The van der Waals surface area contributed by atoms with Gasteiger partial charge in [-0.2, -0.15) is 5.10 Å². The molecule has 0 bridgehead atoms. The summed E-state index contributed by atoms with van der Waals surface area (Å²) in [6, 6.07) is 13.1. The van der Waals surface area contributed by atoms with Crippen LogP contribution in [0.25, 0.3) is 10.6 Å². The van der Waals surface area contributed by atoms with Gasteiger partial charge >= 0.3 is 0 Å². The molecule has 1 aromatic carbocycles. The first kappa shape index (κ1) is 21.4. The summed E-state index contributed by atoms with van der Waals surface area (Å²) in [5, 5.41) is 7.35. The normalized spacial score (nSPS) is 14.7. The lowest BCUT2D eigenvalue weighted by Crippen LogP contribution is -2.48. The number of piperazine rings is 1. The molecule has 0 radical (unpaired) electrons. The summed E-state index contributed by atoms with van der Waals surface area (Å²) in [5.74, 6) is -0.147. The Bertz CT molecular complexity index is 1070. The molecule has 1 fully saturated rings. The number of rotatable bonds is 7. The van der Waals surface area contributed by atoms with Crippen LogP contribution in [0.2, 0.25) is 0 Å². The third-order valence-corrected chi connectivity index (χ3v) is 6.15. The summed E-state index contributed by atoms with van der Waals surface area (Å²) in [6.45, 7) is 4.24. The number of benzene rings is 1. The highest BCUT2D eigenvalue weighted by atomic mass is 32.1. The van der Waals surface area contributed by atoms with Gasteiger partial charge in [-0.3, -0.25) is 14.5 Å². The molecule has 2 aromatic heterocycles. The quantitative estimate of drug-likeness (QED) is 0.560. The van der Waals surface area contributed by atoms with Crippen LogP contribution in [0.1, 0.15) is 16.2 Å². The smallest absolute Gasteiger partial charge is 0.274 e. The topological polar surface area (TPSA) is 80.6 Å². The van der Waals surface area contributed by atoms with Crippen molar-refractivity contribution in [2.45, 2.75) is 13.1 Å². The Labute approximate surface area is 184 Å². The molecule has 0 saturated carbocycles. The summed E-state index contributed by atoms with van der Waals surface area (Å²) in [6.07, 6.45) is 0. The summed E-state index contributed by atoms with van der Waals surface area (Å²) >= 11 is 1.65. The third kappa shape index (κ3) is 5.25. The maximum Gasteiger partial charge on any atom is 0.274 e. The average molecular weight is 440 g/mol. The molecule has 1 aliphatic heterocycles. The monoisotopic (exact) mass is 439 g/mol. The van der Waals surface area contributed by atoms with Gasteiger partial charge in [0.15, 0.2) is 0 Å². The lowest BCUT2D eigenvalue weighted by atomic mass is 10.2. The van der Waals surface area contributed by atoms with E-state index >= 15 is 0 Å². The van der Waals surface area contributed by atoms with Crippen molar-refractivity contribution in [3.8, 4) is 10.6 Å². The lowest BCUT2D eigenvalue weighted by Gasteiger charge is -2.34. The first-order chi connectivity index (χ1) is 15.1. The number of nitrogens with zero attached hydrogens (tertiary/aromatic N) is 5. The molecular weight excluding hydrogens is 414 g/mol. The molecule has 1 aliphatic rings. The maximum atomic E-state index is 12.8. The molecule has 8 nitrogen and oxygen atoms in total. The van der Waals surface area contributed by atoms with E-state index in [9.17, 15) is 9.59 Å². The van der Waals surface area contributed by atoms with Crippen molar-refractivity contribution in [2.24, 2.45) is 0 Å². The first-order valence-corrected chi connectivity index (χ1v) is 11.1. The van der Waals surface area contributed by atoms with E-state index < -0.39 is 0 Å². The molecule has 0 aliphatic carbocycles. The van der Waals surface area contributed by atoms with Gasteiger partial charge in [-0.25, -0.2) is 9.67 Å². The molecule has 1 amide bonds. The van der Waals surface area contributed by atoms with Crippen LogP contribution >= 0.6 is 11.3 Å². The molecule has 3 aromatic rings. The van der Waals surface area contributed by atoms with Crippen LogP contribution in [-0.2, 0) is 17.8 Å². The van der Waals surface area contributed by atoms with Gasteiger partial charge in [0.05, 0.1) is 18.8 Å². The Morgan fingerprint density at radius 2 is 1.87 bits per heavy atom. The largest absolute Gasteiger partial charge is 0.383 e. The van der Waals surface area contributed by atoms with E-state index in [-0.39, 0.29) is 17.2 Å². The van der Waals surface area contributed by atoms with E-state index in [1.807, 2.05) is 18.2 Å². The second-order valence-electron chi connectivity index (χ2n) is 7.35. The van der Waals surface area contributed by atoms with Crippen LogP contribution in [0, 0.1) is 0 Å². The number of hydrogen-bond acceptors (Lipinski definition) is 7. The predicted octanol–water partition coefficient (Wildman–Crippen LogP) is 1.97. The van der Waals surface area contributed by atoms with Crippen molar-refractivity contribution >= 4 is 17.2 Å². The SMILES string of the molecule is COCCn1nc(C(=O)N2CCN(Cc3csc(-c4ccccc4)n3)CC2)ccc1=O. The van der Waals surface area contributed by atoms with Crippen molar-refractivity contribution in [1.29, 1.82) is 0 Å². The van der Waals surface area contributed by atoms with Crippen LogP contribution in [0.5, 0.6) is 0 Å². The predicted molar refractivity (Wildman–Crippen MR) is 119 cm³/mol. The van der Waals surface area contributed by atoms with Gasteiger partial charge in [0.25, 0.3) is 11.5 Å². The van der Waals surface area contributed by atoms with E-state index in [1.165, 1.54) is 16.8 Å². The zero-order valence-electron chi connectivity index (χ0n) is 17.4. The van der Waals surface area contributed by atoms with Gasteiger partial charge in [-0.1, -0.05) is 30.3 Å². The van der Waals surface area contributed by atoms with Crippen molar-refractivity contribution in [1.82, 2.24) is 24.6 Å². The zero-order chi connectivity index (χ0) is 21.6. The maximum absolute atomic E-state index is 12.8. The minimum atomic E-state index is -0.239. The van der Waals surface area contributed by atoms with Gasteiger partial charge in [-0.05, 0) is 6.07 Å². The van der Waals surface area contributed by atoms with Crippen molar-refractivity contribution < 1.29 is 9.53 Å². The third-order valence-electron chi connectivity index (χ3n) is 5.21. The highest BCUT2D eigenvalue weighted by molar-refractivity contribution is 7.13. The number of carbonyl (C=O) groups excluding carboxylic acids is 1. The first-order valence-electron chi connectivity index (χ1n) is 10.2. The molecule has 0 unspecified atom stereocenters. The van der Waals surface area contributed by atoms with Gasteiger partial charge < -0.3 is 9.64 Å². The standard InChI is InChI=1S/C22H25N5O3S/c1-30-14-13-27-20(28)8-7-19(24-27)22(29)26-11-9-25(10-12-26)15-18-16-31-21(23-18)17-5-3-2-4-6-17/h2-8,16H,9-15H2,1H3. The molecule has 9 heteroatoms. The Hall–Kier alpha value is -2.88. The van der Waals surface area contributed by atoms with Gasteiger partial charge in [0.1, 0.15) is 10.7 Å². The van der Waals surface area contributed by atoms with Crippen LogP contribution in [0.4, 0.5) is 0 Å².